The van der Waals surface area contributed by atoms with Gasteiger partial charge in [-0.25, -0.2) is 0 Å². The first-order valence-electron chi connectivity index (χ1n) is 13.2. The first-order chi connectivity index (χ1) is 18.2. The third-order valence-corrected chi connectivity index (χ3v) is 6.00. The smallest absolute Gasteiger partial charge is 0.251 e. The van der Waals surface area contributed by atoms with Crippen LogP contribution in [0.1, 0.15) is 53.2 Å². The van der Waals surface area contributed by atoms with E-state index in [1.54, 1.807) is 0 Å². The summed E-state index contributed by atoms with van der Waals surface area (Å²) >= 11 is 0. The van der Waals surface area contributed by atoms with Crippen LogP contribution in [0.4, 0.5) is 0 Å². The molecule has 0 saturated heterocycles. The van der Waals surface area contributed by atoms with E-state index in [2.05, 4.69) is 23.5 Å². The Morgan fingerprint density at radius 3 is 2.00 bits per heavy atom. The Hall–Kier alpha value is -2.34. The van der Waals surface area contributed by atoms with Crippen molar-refractivity contribution < 1.29 is 28.5 Å². The maximum atomic E-state index is 12.4. The van der Waals surface area contributed by atoms with E-state index in [0.29, 0.717) is 90.6 Å². The molecule has 1 aromatic heterocycles. The number of nitrogens with zero attached hydrogens (tertiary/aromatic N) is 2. The second-order valence-electron chi connectivity index (χ2n) is 8.93. The fourth-order valence-electron chi connectivity index (χ4n) is 3.66. The fourth-order valence-corrected chi connectivity index (χ4v) is 3.66. The van der Waals surface area contributed by atoms with Gasteiger partial charge in [-0.1, -0.05) is 12.1 Å². The number of rotatable bonds is 21. The average Bonchev–Trinajstić information content (AvgIpc) is 3.66. The molecule has 1 saturated carbocycles. The van der Waals surface area contributed by atoms with Crippen molar-refractivity contribution in [3.63, 3.8) is 0 Å². The molecule has 3 N–H and O–H groups in total. The van der Waals surface area contributed by atoms with Gasteiger partial charge in [0.1, 0.15) is 0 Å². The zero-order valence-electron chi connectivity index (χ0n) is 21.9. The van der Waals surface area contributed by atoms with E-state index in [9.17, 15) is 4.79 Å². The highest BCUT2D eigenvalue weighted by Crippen LogP contribution is 2.40. The van der Waals surface area contributed by atoms with Crippen LogP contribution in [0.15, 0.2) is 36.7 Å². The Bertz CT molecular complexity index is 887. The molecule has 10 heteroatoms. The Labute approximate surface area is 219 Å². The van der Waals surface area contributed by atoms with Crippen LogP contribution in [0.25, 0.3) is 0 Å². The standard InChI is InChI=1S/C27H42N4O6/c1-22(31-21-26(20-30-31)24-4-5-24)23-2-6-25(7-3-23)27(32)29-9-11-34-13-15-36-17-19-37-18-16-35-14-12-33-10-8-28/h2-3,6-7,20-22,24H,4-5,8-19,28H2,1H3,(H,29,32). The molecule has 0 bridgehead atoms. The molecule has 1 heterocycles. The van der Waals surface area contributed by atoms with Gasteiger partial charge in [0.2, 0.25) is 0 Å². The zero-order chi connectivity index (χ0) is 26.1. The van der Waals surface area contributed by atoms with E-state index in [-0.39, 0.29) is 11.9 Å². The summed E-state index contributed by atoms with van der Waals surface area (Å²) in [5.74, 6) is 0.580. The molecule has 1 fully saturated rings. The largest absolute Gasteiger partial charge is 0.378 e. The van der Waals surface area contributed by atoms with Gasteiger partial charge in [-0.15, -0.1) is 0 Å². The number of hydrogen-bond acceptors (Lipinski definition) is 8. The van der Waals surface area contributed by atoms with Gasteiger partial charge in [0.15, 0.2) is 0 Å². The summed E-state index contributed by atoms with van der Waals surface area (Å²) in [6, 6.07) is 7.81. The third kappa shape index (κ3) is 11.3. The number of carbonyl (C=O) groups excluding carboxylic acids is 1. The number of nitrogens with two attached hydrogens (primary N) is 1. The van der Waals surface area contributed by atoms with Crippen molar-refractivity contribution >= 4 is 5.91 Å². The molecule has 3 rings (SSSR count). The quantitative estimate of drug-likeness (QED) is 0.241. The van der Waals surface area contributed by atoms with Gasteiger partial charge in [-0.05, 0) is 48.9 Å². The molecular weight excluding hydrogens is 476 g/mol. The van der Waals surface area contributed by atoms with Gasteiger partial charge < -0.3 is 34.7 Å². The van der Waals surface area contributed by atoms with E-state index < -0.39 is 0 Å². The molecule has 1 aromatic carbocycles. The molecular formula is C27H42N4O6. The lowest BCUT2D eigenvalue weighted by Gasteiger charge is -2.13. The lowest BCUT2D eigenvalue weighted by molar-refractivity contribution is -0.0102. The minimum absolute atomic E-state index is 0.113. The highest BCUT2D eigenvalue weighted by atomic mass is 16.6. The van der Waals surface area contributed by atoms with Crippen molar-refractivity contribution in [1.29, 1.82) is 0 Å². The van der Waals surface area contributed by atoms with Gasteiger partial charge in [0.05, 0.1) is 78.3 Å². The zero-order valence-corrected chi connectivity index (χ0v) is 21.9. The van der Waals surface area contributed by atoms with Crippen LogP contribution in [-0.4, -0.2) is 94.8 Å². The lowest BCUT2D eigenvalue weighted by Crippen LogP contribution is -2.27. The van der Waals surface area contributed by atoms with Crippen molar-refractivity contribution in [3.8, 4) is 0 Å². The number of amides is 1. The summed E-state index contributed by atoms with van der Waals surface area (Å²) in [6.07, 6.45) is 6.65. The maximum absolute atomic E-state index is 12.4. The van der Waals surface area contributed by atoms with Crippen LogP contribution in [0.3, 0.4) is 0 Å². The molecule has 1 aliphatic rings. The molecule has 0 spiro atoms. The SMILES string of the molecule is CC(c1ccc(C(=O)NCCOCCOCCOCCOCCOCCN)cc1)n1cc(C2CC2)cn1. The molecule has 0 radical (unpaired) electrons. The molecule has 1 atom stereocenters. The van der Waals surface area contributed by atoms with Crippen molar-refractivity contribution in [2.45, 2.75) is 31.7 Å². The number of hydrogen-bond donors (Lipinski definition) is 2. The minimum Gasteiger partial charge on any atom is -0.378 e. The summed E-state index contributed by atoms with van der Waals surface area (Å²) in [6.45, 7) is 8.13. The molecule has 2 aromatic rings. The fraction of sp³-hybridized carbons (Fsp3) is 0.630. The van der Waals surface area contributed by atoms with Crippen LogP contribution in [0, 0.1) is 0 Å². The Morgan fingerprint density at radius 2 is 1.46 bits per heavy atom. The van der Waals surface area contributed by atoms with Gasteiger partial charge in [-0.2, -0.15) is 5.10 Å². The molecule has 206 valence electrons. The van der Waals surface area contributed by atoms with Gasteiger partial charge in [0.25, 0.3) is 5.91 Å². The second-order valence-corrected chi connectivity index (χ2v) is 8.93. The normalized spacial score (nSPS) is 14.1. The van der Waals surface area contributed by atoms with Crippen molar-refractivity contribution in [1.82, 2.24) is 15.1 Å². The van der Waals surface area contributed by atoms with Crippen LogP contribution < -0.4 is 11.1 Å². The summed E-state index contributed by atoms with van der Waals surface area (Å²) in [5.41, 5.74) is 8.40. The highest BCUT2D eigenvalue weighted by molar-refractivity contribution is 5.94. The van der Waals surface area contributed by atoms with E-state index >= 15 is 0 Å². The van der Waals surface area contributed by atoms with Crippen molar-refractivity contribution in [3.05, 3.63) is 53.3 Å². The number of ether oxygens (including phenoxy) is 5. The molecule has 10 nitrogen and oxygen atoms in total. The molecule has 1 amide bonds. The van der Waals surface area contributed by atoms with E-state index in [1.165, 1.54) is 18.4 Å². The second kappa shape index (κ2) is 17.2. The van der Waals surface area contributed by atoms with Crippen LogP contribution in [0.5, 0.6) is 0 Å². The Kier molecular flexibility index (Phi) is 13.6. The van der Waals surface area contributed by atoms with Gasteiger partial charge >= 0.3 is 0 Å². The number of carbonyl (C=O) groups is 1. The number of benzene rings is 1. The first kappa shape index (κ1) is 29.2. The summed E-state index contributed by atoms with van der Waals surface area (Å²) < 4.78 is 29.0. The first-order valence-corrected chi connectivity index (χ1v) is 13.2. The monoisotopic (exact) mass is 518 g/mol. The highest BCUT2D eigenvalue weighted by Gasteiger charge is 2.25. The van der Waals surface area contributed by atoms with Gasteiger partial charge in [-0.3, -0.25) is 9.48 Å². The topological polar surface area (TPSA) is 119 Å². The van der Waals surface area contributed by atoms with Crippen LogP contribution in [0.2, 0.25) is 0 Å². The van der Waals surface area contributed by atoms with Crippen LogP contribution in [-0.2, 0) is 23.7 Å². The predicted molar refractivity (Wildman–Crippen MR) is 140 cm³/mol. The van der Waals surface area contributed by atoms with E-state index in [1.807, 2.05) is 35.1 Å². The van der Waals surface area contributed by atoms with E-state index in [4.69, 9.17) is 29.4 Å². The summed E-state index contributed by atoms with van der Waals surface area (Å²) in [4.78, 5) is 12.4. The molecule has 1 aliphatic carbocycles. The molecule has 1 unspecified atom stereocenters. The Balaban J connectivity index is 1.15. The average molecular weight is 519 g/mol. The number of nitrogens with one attached hydrogen (secondary N) is 1. The van der Waals surface area contributed by atoms with Crippen LogP contribution >= 0.6 is 0 Å². The predicted octanol–water partition coefficient (Wildman–Crippen LogP) is 2.14. The minimum atomic E-state index is -0.113. The Morgan fingerprint density at radius 1 is 0.919 bits per heavy atom. The number of aromatic nitrogens is 2. The van der Waals surface area contributed by atoms with Crippen molar-refractivity contribution in [2.75, 3.05) is 79.2 Å². The summed E-state index contributed by atoms with van der Waals surface area (Å²) in [7, 11) is 0. The summed E-state index contributed by atoms with van der Waals surface area (Å²) in [5, 5.41) is 7.40. The van der Waals surface area contributed by atoms with E-state index in [0.717, 1.165) is 5.56 Å². The molecule has 37 heavy (non-hydrogen) atoms. The van der Waals surface area contributed by atoms with Crippen molar-refractivity contribution in [2.24, 2.45) is 5.73 Å². The van der Waals surface area contributed by atoms with Gasteiger partial charge in [0, 0.05) is 24.8 Å². The lowest BCUT2D eigenvalue weighted by atomic mass is 10.1. The third-order valence-electron chi connectivity index (χ3n) is 6.00. The molecule has 0 aliphatic heterocycles. The maximum Gasteiger partial charge on any atom is 0.251 e.